The number of nitrogens with zero attached hydrogens (tertiary/aromatic N) is 1. The summed E-state index contributed by atoms with van der Waals surface area (Å²) in [6, 6.07) is 0.647. The predicted octanol–water partition coefficient (Wildman–Crippen LogP) is 0.625. The molecule has 7 heteroatoms. The maximum Gasteiger partial charge on any atom is 0.333 e. The molecule has 2 unspecified atom stereocenters. The molecule has 1 aromatic rings. The minimum atomic E-state index is -0.699. The molecule has 21 heavy (non-hydrogen) atoms. The summed E-state index contributed by atoms with van der Waals surface area (Å²) in [5.74, 6) is -0.753. The van der Waals surface area contributed by atoms with Gasteiger partial charge in [0.25, 0.3) is 0 Å². The number of hydrogen-bond acceptors (Lipinski definition) is 5. The Balaban J connectivity index is 1.88. The Hall–Kier alpha value is -1.89. The molecule has 3 heterocycles. The number of esters is 1. The fraction of sp³-hybridized carbons (Fsp3) is 0.500. The molecule has 0 aliphatic carbocycles. The van der Waals surface area contributed by atoms with E-state index in [1.165, 1.54) is 12.0 Å². The molecule has 1 saturated heterocycles. The van der Waals surface area contributed by atoms with Gasteiger partial charge in [-0.25, -0.2) is 4.79 Å². The molecular formula is C14H16N2O4S. The van der Waals surface area contributed by atoms with Crippen LogP contribution in [0.1, 0.15) is 29.3 Å². The molecule has 1 N–H and O–H groups in total. The largest absolute Gasteiger partial charge is 0.467 e. The van der Waals surface area contributed by atoms with Gasteiger partial charge < -0.3 is 15.0 Å². The Labute approximate surface area is 126 Å². The van der Waals surface area contributed by atoms with Crippen LogP contribution in [0.15, 0.2) is 11.4 Å². The van der Waals surface area contributed by atoms with Crippen LogP contribution in [0, 0.1) is 0 Å². The second-order valence-electron chi connectivity index (χ2n) is 5.17. The van der Waals surface area contributed by atoms with Crippen LogP contribution >= 0.6 is 11.3 Å². The minimum absolute atomic E-state index is 0.115. The molecule has 2 aliphatic heterocycles. The maximum absolute atomic E-state index is 12.6. The van der Waals surface area contributed by atoms with E-state index in [1.807, 2.05) is 11.4 Å². The van der Waals surface area contributed by atoms with E-state index in [2.05, 4.69) is 5.32 Å². The van der Waals surface area contributed by atoms with Gasteiger partial charge in [-0.3, -0.25) is 9.59 Å². The topological polar surface area (TPSA) is 75.7 Å². The fourth-order valence-corrected chi connectivity index (χ4v) is 3.82. The zero-order valence-corrected chi connectivity index (χ0v) is 12.4. The first-order chi connectivity index (χ1) is 10.1. The van der Waals surface area contributed by atoms with Crippen LogP contribution < -0.4 is 5.32 Å². The summed E-state index contributed by atoms with van der Waals surface area (Å²) in [4.78, 5) is 38.7. The van der Waals surface area contributed by atoms with Crippen LogP contribution in [-0.2, 0) is 25.5 Å². The minimum Gasteiger partial charge on any atom is -0.467 e. The normalized spacial score (nSPS) is 24.4. The Kier molecular flexibility index (Phi) is 3.67. The summed E-state index contributed by atoms with van der Waals surface area (Å²) in [7, 11) is 1.32. The summed E-state index contributed by atoms with van der Waals surface area (Å²) in [5.41, 5.74) is 0.843. The lowest BCUT2D eigenvalue weighted by molar-refractivity contribution is -0.154. The van der Waals surface area contributed by atoms with Crippen LogP contribution in [0.3, 0.4) is 0 Å². The number of amides is 2. The molecule has 2 atom stereocenters. The van der Waals surface area contributed by atoms with E-state index in [9.17, 15) is 14.4 Å². The molecule has 6 nitrogen and oxygen atoms in total. The molecule has 3 rings (SSSR count). The van der Waals surface area contributed by atoms with Crippen LogP contribution in [0.25, 0.3) is 0 Å². The van der Waals surface area contributed by atoms with Crippen molar-refractivity contribution in [3.63, 3.8) is 0 Å². The summed E-state index contributed by atoms with van der Waals surface area (Å²) in [6.45, 7) is 0.471. The van der Waals surface area contributed by atoms with Crippen molar-refractivity contribution in [1.82, 2.24) is 10.2 Å². The van der Waals surface area contributed by atoms with Gasteiger partial charge in [0.2, 0.25) is 11.8 Å². The van der Waals surface area contributed by atoms with Crippen LogP contribution in [-0.4, -0.2) is 42.4 Å². The van der Waals surface area contributed by atoms with E-state index in [0.717, 1.165) is 16.9 Å². The summed E-state index contributed by atoms with van der Waals surface area (Å²) in [5, 5.41) is 4.59. The Morgan fingerprint density at radius 2 is 2.24 bits per heavy atom. The highest BCUT2D eigenvalue weighted by atomic mass is 32.1. The average molecular weight is 308 g/mol. The highest BCUT2D eigenvalue weighted by Gasteiger charge is 2.41. The van der Waals surface area contributed by atoms with Gasteiger partial charge in [0.05, 0.1) is 7.11 Å². The van der Waals surface area contributed by atoms with Crippen molar-refractivity contribution in [2.45, 2.75) is 31.3 Å². The average Bonchev–Trinajstić information content (AvgIpc) is 3.13. The number of ether oxygens (including phenoxy) is 1. The molecule has 112 valence electrons. The van der Waals surface area contributed by atoms with Crippen molar-refractivity contribution >= 4 is 29.1 Å². The van der Waals surface area contributed by atoms with Gasteiger partial charge in [0.15, 0.2) is 6.04 Å². The van der Waals surface area contributed by atoms with Gasteiger partial charge >= 0.3 is 5.97 Å². The van der Waals surface area contributed by atoms with Crippen molar-refractivity contribution in [2.75, 3.05) is 13.7 Å². The van der Waals surface area contributed by atoms with E-state index in [-0.39, 0.29) is 11.8 Å². The molecule has 1 aromatic heterocycles. The molecule has 0 saturated carbocycles. The van der Waals surface area contributed by atoms with Crippen LogP contribution in [0.2, 0.25) is 0 Å². The fourth-order valence-electron chi connectivity index (χ4n) is 2.92. The lowest BCUT2D eigenvalue weighted by Crippen LogP contribution is -2.50. The first kappa shape index (κ1) is 14.1. The van der Waals surface area contributed by atoms with Gasteiger partial charge in [-0.05, 0) is 29.9 Å². The molecule has 0 radical (unpaired) electrons. The van der Waals surface area contributed by atoms with E-state index in [0.29, 0.717) is 19.4 Å². The number of carbonyl (C=O) groups is 3. The molecule has 0 spiro atoms. The van der Waals surface area contributed by atoms with Gasteiger partial charge in [0.1, 0.15) is 6.04 Å². The smallest absolute Gasteiger partial charge is 0.333 e. The predicted molar refractivity (Wildman–Crippen MR) is 75.7 cm³/mol. The molecular weight excluding hydrogens is 292 g/mol. The lowest BCUT2D eigenvalue weighted by atomic mass is 9.98. The molecule has 2 aliphatic rings. The molecule has 2 amide bonds. The summed E-state index contributed by atoms with van der Waals surface area (Å²) >= 11 is 1.59. The van der Waals surface area contributed by atoms with Crippen LogP contribution in [0.4, 0.5) is 0 Å². The van der Waals surface area contributed by atoms with E-state index >= 15 is 0 Å². The molecule has 0 aromatic carbocycles. The molecule has 0 bridgehead atoms. The lowest BCUT2D eigenvalue weighted by Gasteiger charge is -2.35. The first-order valence-corrected chi connectivity index (χ1v) is 7.73. The van der Waals surface area contributed by atoms with E-state index < -0.39 is 18.1 Å². The number of nitrogens with one attached hydrogen (secondary N) is 1. The maximum atomic E-state index is 12.6. The number of fused-ring (bicyclic) bond motifs is 1. The standard InChI is InChI=1S/C14H16N2O4S/c1-20-14(19)12-8-5-7-21-10(8)4-6-16(12)13(18)9-2-3-11(17)15-9/h5,7,9,12H,2-4,6H2,1H3,(H,15,17). The van der Waals surface area contributed by atoms with E-state index in [4.69, 9.17) is 4.74 Å². The third-order valence-corrected chi connectivity index (χ3v) is 4.96. The number of hydrogen-bond donors (Lipinski definition) is 1. The summed E-state index contributed by atoms with van der Waals surface area (Å²) < 4.78 is 4.86. The quantitative estimate of drug-likeness (QED) is 0.813. The Morgan fingerprint density at radius 3 is 2.90 bits per heavy atom. The van der Waals surface area contributed by atoms with Gasteiger partial charge in [-0.15, -0.1) is 11.3 Å². The number of carbonyl (C=O) groups excluding carboxylic acids is 3. The van der Waals surface area contributed by atoms with Gasteiger partial charge in [-0.1, -0.05) is 0 Å². The number of methoxy groups -OCH3 is 1. The second kappa shape index (κ2) is 5.48. The Morgan fingerprint density at radius 1 is 1.43 bits per heavy atom. The first-order valence-electron chi connectivity index (χ1n) is 6.85. The van der Waals surface area contributed by atoms with Crippen molar-refractivity contribution in [2.24, 2.45) is 0 Å². The van der Waals surface area contributed by atoms with Crippen molar-refractivity contribution in [1.29, 1.82) is 0 Å². The molecule has 1 fully saturated rings. The third-order valence-electron chi connectivity index (χ3n) is 3.97. The van der Waals surface area contributed by atoms with E-state index in [1.54, 1.807) is 11.3 Å². The Bertz CT molecular complexity index is 598. The number of thiophene rings is 1. The van der Waals surface area contributed by atoms with Gasteiger partial charge in [-0.2, -0.15) is 0 Å². The van der Waals surface area contributed by atoms with Crippen molar-refractivity contribution in [3.05, 3.63) is 21.9 Å². The van der Waals surface area contributed by atoms with Gasteiger partial charge in [0, 0.05) is 17.8 Å². The van der Waals surface area contributed by atoms with Crippen molar-refractivity contribution in [3.8, 4) is 0 Å². The van der Waals surface area contributed by atoms with Crippen molar-refractivity contribution < 1.29 is 19.1 Å². The summed E-state index contributed by atoms with van der Waals surface area (Å²) in [6.07, 6.45) is 1.57. The zero-order valence-electron chi connectivity index (χ0n) is 11.6. The second-order valence-corrected chi connectivity index (χ2v) is 6.17. The number of rotatable bonds is 2. The monoisotopic (exact) mass is 308 g/mol. The van der Waals surface area contributed by atoms with Crippen LogP contribution in [0.5, 0.6) is 0 Å². The third kappa shape index (κ3) is 2.42. The highest BCUT2D eigenvalue weighted by Crippen LogP contribution is 2.34. The highest BCUT2D eigenvalue weighted by molar-refractivity contribution is 7.10. The zero-order chi connectivity index (χ0) is 15.0. The SMILES string of the molecule is COC(=O)C1c2ccsc2CCN1C(=O)C1CCC(=O)N1.